The predicted octanol–water partition coefficient (Wildman–Crippen LogP) is 2.61. The molecule has 2 heterocycles. The molecule has 0 spiro atoms. The van der Waals surface area contributed by atoms with Crippen LogP contribution in [0.15, 0.2) is 57.7 Å². The molecule has 6 heteroatoms. The minimum Gasteiger partial charge on any atom is -0.489 e. The van der Waals surface area contributed by atoms with Crippen molar-refractivity contribution >= 4 is 22.3 Å². The third kappa shape index (κ3) is 2.47. The molecule has 3 aromatic rings. The second-order valence-electron chi connectivity index (χ2n) is 5.80. The number of hydrazine groups is 1. The zero-order valence-corrected chi connectivity index (χ0v) is 13.2. The van der Waals surface area contributed by atoms with Crippen LogP contribution in [0.5, 0.6) is 5.75 Å². The first-order valence-electron chi connectivity index (χ1n) is 7.68. The summed E-state index contributed by atoms with van der Waals surface area (Å²) in [6.07, 6.45) is -0.164. The lowest BCUT2D eigenvalue weighted by Crippen LogP contribution is -2.45. The van der Waals surface area contributed by atoms with Gasteiger partial charge in [0.15, 0.2) is 0 Å². The minimum absolute atomic E-state index is 0.164. The summed E-state index contributed by atoms with van der Waals surface area (Å²) in [6, 6.07) is 14.8. The van der Waals surface area contributed by atoms with Crippen molar-refractivity contribution in [3.05, 3.63) is 64.5 Å². The van der Waals surface area contributed by atoms with Crippen LogP contribution in [0.2, 0.25) is 0 Å². The number of ether oxygens (including phenoxy) is 1. The van der Waals surface area contributed by atoms with Crippen molar-refractivity contribution in [2.45, 2.75) is 13.1 Å². The number of rotatable bonds is 3. The van der Waals surface area contributed by atoms with Gasteiger partial charge in [-0.3, -0.25) is 5.01 Å². The number of nitrogens with two attached hydrogens (primary N) is 1. The summed E-state index contributed by atoms with van der Waals surface area (Å²) in [6.45, 7) is 2.23. The SMILES string of the molecule is Cc1cc(=O)oc2cc(OCC3Nc4ccccc4N3N)ccc12. The number of nitrogens with one attached hydrogen (secondary N) is 1. The average Bonchev–Trinajstić information content (AvgIpc) is 2.89. The Bertz CT molecular complexity index is 967. The molecule has 1 unspecified atom stereocenters. The normalized spacial score (nSPS) is 16.1. The highest BCUT2D eigenvalue weighted by Gasteiger charge is 2.26. The highest BCUT2D eigenvalue weighted by atomic mass is 16.5. The molecule has 24 heavy (non-hydrogen) atoms. The number of aryl methyl sites for hydroxylation is 1. The molecule has 3 N–H and O–H groups in total. The van der Waals surface area contributed by atoms with E-state index in [1.807, 2.05) is 43.3 Å². The van der Waals surface area contributed by atoms with Gasteiger partial charge < -0.3 is 14.5 Å². The molecule has 0 radical (unpaired) electrons. The van der Waals surface area contributed by atoms with E-state index in [1.165, 1.54) is 6.07 Å². The topological polar surface area (TPSA) is 80.7 Å². The monoisotopic (exact) mass is 323 g/mol. The van der Waals surface area contributed by atoms with E-state index in [0.717, 1.165) is 22.3 Å². The van der Waals surface area contributed by atoms with E-state index < -0.39 is 0 Å². The van der Waals surface area contributed by atoms with Gasteiger partial charge in [-0.15, -0.1) is 0 Å². The van der Waals surface area contributed by atoms with Crippen molar-refractivity contribution in [1.29, 1.82) is 0 Å². The average molecular weight is 323 g/mol. The maximum atomic E-state index is 11.5. The van der Waals surface area contributed by atoms with Crippen molar-refractivity contribution in [2.24, 2.45) is 5.84 Å². The molecule has 2 aromatic carbocycles. The Kier molecular flexibility index (Phi) is 3.39. The standard InChI is InChI=1S/C18H17N3O3/c1-11-8-18(22)24-16-9-12(6-7-13(11)16)23-10-17-20-14-4-2-3-5-15(14)21(17)19/h2-9,17,20H,10,19H2,1H3. The van der Waals surface area contributed by atoms with E-state index >= 15 is 0 Å². The van der Waals surface area contributed by atoms with Crippen LogP contribution < -0.4 is 26.5 Å². The molecule has 0 amide bonds. The third-order valence-corrected chi connectivity index (χ3v) is 4.17. The zero-order chi connectivity index (χ0) is 16.7. The van der Waals surface area contributed by atoms with Crippen molar-refractivity contribution in [1.82, 2.24) is 0 Å². The fourth-order valence-corrected chi connectivity index (χ4v) is 2.93. The highest BCUT2D eigenvalue weighted by molar-refractivity contribution is 5.81. The van der Waals surface area contributed by atoms with Gasteiger partial charge in [-0.05, 0) is 36.8 Å². The molecule has 0 saturated carbocycles. The van der Waals surface area contributed by atoms with Gasteiger partial charge in [0.2, 0.25) is 0 Å². The third-order valence-electron chi connectivity index (χ3n) is 4.17. The lowest BCUT2D eigenvalue weighted by Gasteiger charge is -2.21. The molecule has 0 saturated heterocycles. The number of anilines is 2. The number of hydrogen-bond acceptors (Lipinski definition) is 6. The van der Waals surface area contributed by atoms with Gasteiger partial charge in [0.25, 0.3) is 0 Å². The Morgan fingerprint density at radius 2 is 2.08 bits per heavy atom. The first-order valence-corrected chi connectivity index (χ1v) is 7.68. The molecule has 0 aliphatic carbocycles. The molecule has 1 atom stereocenters. The van der Waals surface area contributed by atoms with Crippen LogP contribution in [-0.4, -0.2) is 12.8 Å². The maximum Gasteiger partial charge on any atom is 0.336 e. The molecule has 1 aliphatic rings. The second-order valence-corrected chi connectivity index (χ2v) is 5.80. The molecular weight excluding hydrogens is 306 g/mol. The van der Waals surface area contributed by atoms with Gasteiger partial charge in [0.05, 0.1) is 11.4 Å². The molecular formula is C18H17N3O3. The molecule has 4 rings (SSSR count). The Labute approximate surface area is 138 Å². The minimum atomic E-state index is -0.363. The summed E-state index contributed by atoms with van der Waals surface area (Å²) in [7, 11) is 0. The van der Waals surface area contributed by atoms with Crippen molar-refractivity contribution in [3.63, 3.8) is 0 Å². The quantitative estimate of drug-likeness (QED) is 0.570. The summed E-state index contributed by atoms with van der Waals surface area (Å²) in [5, 5.41) is 5.86. The fraction of sp³-hybridized carbons (Fsp3) is 0.167. The molecule has 0 bridgehead atoms. The number of fused-ring (bicyclic) bond motifs is 2. The van der Waals surface area contributed by atoms with Crippen molar-refractivity contribution in [3.8, 4) is 5.75 Å². The second kappa shape index (κ2) is 5.58. The van der Waals surface area contributed by atoms with Crippen LogP contribution in [0.25, 0.3) is 11.0 Å². The Hall–Kier alpha value is -2.99. The van der Waals surface area contributed by atoms with Crippen LogP contribution in [0.1, 0.15) is 5.56 Å². The van der Waals surface area contributed by atoms with Crippen LogP contribution in [0.4, 0.5) is 11.4 Å². The lowest BCUT2D eigenvalue weighted by atomic mass is 10.1. The van der Waals surface area contributed by atoms with Crippen molar-refractivity contribution in [2.75, 3.05) is 16.9 Å². The Morgan fingerprint density at radius 3 is 2.92 bits per heavy atom. The maximum absolute atomic E-state index is 11.5. The molecule has 1 aliphatic heterocycles. The molecule has 122 valence electrons. The number of hydrogen-bond donors (Lipinski definition) is 2. The highest BCUT2D eigenvalue weighted by Crippen LogP contribution is 2.32. The fourth-order valence-electron chi connectivity index (χ4n) is 2.93. The van der Waals surface area contributed by atoms with E-state index in [1.54, 1.807) is 11.1 Å². The van der Waals surface area contributed by atoms with E-state index in [9.17, 15) is 4.79 Å². The number of nitrogens with zero attached hydrogens (tertiary/aromatic N) is 1. The zero-order valence-electron chi connectivity index (χ0n) is 13.2. The lowest BCUT2D eigenvalue weighted by molar-refractivity contribution is 0.296. The van der Waals surface area contributed by atoms with Gasteiger partial charge in [-0.25, -0.2) is 10.6 Å². The van der Waals surface area contributed by atoms with Gasteiger partial charge in [-0.2, -0.15) is 0 Å². The molecule has 0 fully saturated rings. The van der Waals surface area contributed by atoms with E-state index in [0.29, 0.717) is 17.9 Å². The number of benzene rings is 2. The first kappa shape index (κ1) is 14.6. The van der Waals surface area contributed by atoms with Gasteiger partial charge >= 0.3 is 5.63 Å². The molecule has 6 nitrogen and oxygen atoms in total. The van der Waals surface area contributed by atoms with Crippen LogP contribution in [-0.2, 0) is 0 Å². The largest absolute Gasteiger partial charge is 0.489 e. The van der Waals surface area contributed by atoms with E-state index in [2.05, 4.69) is 5.32 Å². The summed E-state index contributed by atoms with van der Waals surface area (Å²) >= 11 is 0. The van der Waals surface area contributed by atoms with Gasteiger partial charge in [-0.1, -0.05) is 12.1 Å². The smallest absolute Gasteiger partial charge is 0.336 e. The summed E-state index contributed by atoms with van der Waals surface area (Å²) in [4.78, 5) is 11.5. The first-order chi connectivity index (χ1) is 11.6. The summed E-state index contributed by atoms with van der Waals surface area (Å²) in [5.41, 5.74) is 2.96. The van der Waals surface area contributed by atoms with E-state index in [-0.39, 0.29) is 11.8 Å². The summed E-state index contributed by atoms with van der Waals surface area (Å²) < 4.78 is 11.1. The van der Waals surface area contributed by atoms with Crippen LogP contribution in [0, 0.1) is 6.92 Å². The Morgan fingerprint density at radius 1 is 1.25 bits per heavy atom. The van der Waals surface area contributed by atoms with E-state index in [4.69, 9.17) is 15.0 Å². The van der Waals surface area contributed by atoms with Gasteiger partial charge in [0.1, 0.15) is 24.1 Å². The van der Waals surface area contributed by atoms with Crippen LogP contribution in [0.3, 0.4) is 0 Å². The van der Waals surface area contributed by atoms with Crippen LogP contribution >= 0.6 is 0 Å². The summed E-state index contributed by atoms with van der Waals surface area (Å²) in [5.74, 6) is 6.74. The molecule has 1 aromatic heterocycles. The predicted molar refractivity (Wildman–Crippen MR) is 93.2 cm³/mol. The van der Waals surface area contributed by atoms with Crippen molar-refractivity contribution < 1.29 is 9.15 Å². The van der Waals surface area contributed by atoms with Gasteiger partial charge in [0, 0.05) is 17.5 Å². The Balaban J connectivity index is 1.53. The number of para-hydroxylation sites is 2.